The van der Waals surface area contributed by atoms with E-state index in [0.29, 0.717) is 17.8 Å². The molecule has 1 aromatic carbocycles. The minimum Gasteiger partial charge on any atom is -0.361 e. The van der Waals surface area contributed by atoms with Gasteiger partial charge in [-0.25, -0.2) is 9.98 Å². The summed E-state index contributed by atoms with van der Waals surface area (Å²) >= 11 is 1.56. The molecule has 0 spiro atoms. The van der Waals surface area contributed by atoms with Gasteiger partial charge in [-0.05, 0) is 31.0 Å². The van der Waals surface area contributed by atoms with E-state index in [1.165, 1.54) is 0 Å². The fourth-order valence-corrected chi connectivity index (χ4v) is 2.95. The number of likely N-dealkylation sites (N-methyl/N-ethyl adjacent to an activating group) is 1. The summed E-state index contributed by atoms with van der Waals surface area (Å²) in [4.78, 5) is 23.4. The van der Waals surface area contributed by atoms with Gasteiger partial charge < -0.3 is 10.2 Å². The van der Waals surface area contributed by atoms with Crippen molar-refractivity contribution < 1.29 is 4.79 Å². The molecule has 6 heteroatoms. The number of aldehydes is 1. The Balaban J connectivity index is 1.92. The lowest BCUT2D eigenvalue weighted by molar-refractivity contribution is 0.112. The number of thiazole rings is 1. The van der Waals surface area contributed by atoms with Crippen molar-refractivity contribution in [3.63, 3.8) is 0 Å². The number of aryl methyl sites for hydroxylation is 1. The van der Waals surface area contributed by atoms with Crippen LogP contribution in [-0.2, 0) is 0 Å². The Bertz CT molecular complexity index is 844. The molecular formula is C18H18N4OS. The first-order valence-electron chi connectivity index (χ1n) is 7.69. The highest BCUT2D eigenvalue weighted by atomic mass is 32.1. The second kappa shape index (κ2) is 7.39. The van der Waals surface area contributed by atoms with E-state index in [0.717, 1.165) is 40.7 Å². The number of hydrogen-bond donors (Lipinski definition) is 1. The van der Waals surface area contributed by atoms with Gasteiger partial charge in [0.2, 0.25) is 0 Å². The smallest absolute Gasteiger partial charge is 0.167 e. The molecule has 1 aromatic heterocycles. The third kappa shape index (κ3) is 3.88. The SMILES string of the molecule is Cc1cnc(C#Cc2ccc(C=O)c(N=C3CNCCN3C)c2)s1. The second-order valence-corrected chi connectivity index (χ2v) is 6.78. The number of benzene rings is 1. The lowest BCUT2D eigenvalue weighted by atomic mass is 10.1. The largest absolute Gasteiger partial charge is 0.361 e. The van der Waals surface area contributed by atoms with Crippen molar-refractivity contribution >= 4 is 29.1 Å². The van der Waals surface area contributed by atoms with Crippen LogP contribution in [0.3, 0.4) is 0 Å². The van der Waals surface area contributed by atoms with Crippen molar-refractivity contribution in [3.8, 4) is 11.8 Å². The minimum atomic E-state index is 0.567. The van der Waals surface area contributed by atoms with Crippen LogP contribution in [0.15, 0.2) is 29.4 Å². The number of rotatable bonds is 2. The quantitative estimate of drug-likeness (QED) is 0.674. The fourth-order valence-electron chi connectivity index (χ4n) is 2.33. The number of nitrogens with zero attached hydrogens (tertiary/aromatic N) is 3. The number of nitrogens with one attached hydrogen (secondary N) is 1. The molecule has 24 heavy (non-hydrogen) atoms. The summed E-state index contributed by atoms with van der Waals surface area (Å²) in [6.45, 7) is 4.54. The van der Waals surface area contributed by atoms with E-state index < -0.39 is 0 Å². The van der Waals surface area contributed by atoms with Gasteiger partial charge in [0.25, 0.3) is 0 Å². The number of piperazine rings is 1. The van der Waals surface area contributed by atoms with Crippen molar-refractivity contribution in [3.05, 3.63) is 45.4 Å². The van der Waals surface area contributed by atoms with Crippen LogP contribution in [0.25, 0.3) is 0 Å². The molecule has 0 unspecified atom stereocenters. The topological polar surface area (TPSA) is 57.6 Å². The highest BCUT2D eigenvalue weighted by Crippen LogP contribution is 2.20. The van der Waals surface area contributed by atoms with Crippen LogP contribution < -0.4 is 5.32 Å². The molecule has 1 saturated heterocycles. The van der Waals surface area contributed by atoms with Gasteiger partial charge in [0.1, 0.15) is 5.84 Å². The molecule has 122 valence electrons. The van der Waals surface area contributed by atoms with E-state index in [-0.39, 0.29) is 0 Å². The van der Waals surface area contributed by atoms with Gasteiger partial charge in [-0.15, -0.1) is 11.3 Å². The Morgan fingerprint density at radius 1 is 1.42 bits per heavy atom. The zero-order valence-electron chi connectivity index (χ0n) is 13.7. The Morgan fingerprint density at radius 2 is 2.29 bits per heavy atom. The third-order valence-corrected chi connectivity index (χ3v) is 4.52. The molecule has 1 aliphatic heterocycles. The molecular weight excluding hydrogens is 320 g/mol. The fraction of sp³-hybridized carbons (Fsp3) is 0.278. The molecule has 0 aliphatic carbocycles. The van der Waals surface area contributed by atoms with E-state index in [1.54, 1.807) is 17.4 Å². The van der Waals surface area contributed by atoms with Crippen LogP contribution in [0.2, 0.25) is 0 Å². The Labute approximate surface area is 145 Å². The summed E-state index contributed by atoms with van der Waals surface area (Å²) < 4.78 is 0. The van der Waals surface area contributed by atoms with Crippen molar-refractivity contribution in [2.75, 3.05) is 26.7 Å². The molecule has 1 aliphatic rings. The lowest BCUT2D eigenvalue weighted by Gasteiger charge is -2.27. The van der Waals surface area contributed by atoms with E-state index >= 15 is 0 Å². The maximum atomic E-state index is 11.3. The predicted molar refractivity (Wildman–Crippen MR) is 97.3 cm³/mol. The second-order valence-electron chi connectivity index (χ2n) is 5.54. The highest BCUT2D eigenvalue weighted by Gasteiger charge is 2.12. The summed E-state index contributed by atoms with van der Waals surface area (Å²) in [6, 6.07) is 5.45. The van der Waals surface area contributed by atoms with Crippen molar-refractivity contribution in [2.45, 2.75) is 6.92 Å². The molecule has 1 N–H and O–H groups in total. The molecule has 0 amide bonds. The first-order chi connectivity index (χ1) is 11.7. The van der Waals surface area contributed by atoms with Crippen LogP contribution in [0, 0.1) is 18.8 Å². The molecule has 3 rings (SSSR count). The van der Waals surface area contributed by atoms with Crippen LogP contribution in [-0.4, -0.2) is 48.7 Å². The van der Waals surface area contributed by atoms with E-state index in [9.17, 15) is 4.79 Å². The predicted octanol–water partition coefficient (Wildman–Crippen LogP) is 2.23. The van der Waals surface area contributed by atoms with Crippen molar-refractivity contribution in [1.29, 1.82) is 0 Å². The zero-order chi connectivity index (χ0) is 16.9. The summed E-state index contributed by atoms with van der Waals surface area (Å²) in [5, 5.41) is 4.08. The van der Waals surface area contributed by atoms with Gasteiger partial charge in [-0.2, -0.15) is 0 Å². The molecule has 2 heterocycles. The first kappa shape index (κ1) is 16.4. The standard InChI is InChI=1S/C18H18N4OS/c1-13-10-20-18(24-13)6-4-14-3-5-15(12-23)16(9-14)21-17-11-19-7-8-22(17)2/h3,5,9-10,12,19H,7-8,11H2,1-2H3. The summed E-state index contributed by atoms with van der Waals surface area (Å²) in [6.07, 6.45) is 2.64. The molecule has 1 fully saturated rings. The van der Waals surface area contributed by atoms with E-state index in [4.69, 9.17) is 0 Å². The maximum absolute atomic E-state index is 11.3. The van der Waals surface area contributed by atoms with Crippen LogP contribution in [0.1, 0.15) is 25.8 Å². The summed E-state index contributed by atoms with van der Waals surface area (Å²) in [7, 11) is 2.01. The molecule has 2 aromatic rings. The molecule has 0 saturated carbocycles. The van der Waals surface area contributed by atoms with Gasteiger partial charge in [0.05, 0.1) is 12.2 Å². The third-order valence-electron chi connectivity index (χ3n) is 3.69. The van der Waals surface area contributed by atoms with E-state index in [2.05, 4.69) is 32.0 Å². The summed E-state index contributed by atoms with van der Waals surface area (Å²) in [5.74, 6) is 7.08. The van der Waals surface area contributed by atoms with Crippen molar-refractivity contribution in [1.82, 2.24) is 15.2 Å². The number of aromatic nitrogens is 1. The average Bonchev–Trinajstić information content (AvgIpc) is 3.01. The van der Waals surface area contributed by atoms with Gasteiger partial charge in [-0.1, -0.05) is 5.92 Å². The Hall–Kier alpha value is -2.49. The number of hydrogen-bond acceptors (Lipinski definition) is 5. The number of aliphatic imine (C=N–C) groups is 1. The van der Waals surface area contributed by atoms with Crippen LogP contribution in [0.4, 0.5) is 5.69 Å². The zero-order valence-corrected chi connectivity index (χ0v) is 14.5. The number of carbonyl (C=O) groups is 1. The summed E-state index contributed by atoms with van der Waals surface area (Å²) in [5.41, 5.74) is 2.04. The van der Waals surface area contributed by atoms with E-state index in [1.807, 2.05) is 32.3 Å². The van der Waals surface area contributed by atoms with Gasteiger partial charge >= 0.3 is 0 Å². The lowest BCUT2D eigenvalue weighted by Crippen LogP contribution is -2.45. The van der Waals surface area contributed by atoms with Gasteiger partial charge in [-0.3, -0.25) is 4.79 Å². The minimum absolute atomic E-state index is 0.567. The first-order valence-corrected chi connectivity index (χ1v) is 8.50. The number of amidine groups is 1. The molecule has 5 nitrogen and oxygen atoms in total. The normalized spacial score (nSPS) is 15.9. The molecule has 0 bridgehead atoms. The Morgan fingerprint density at radius 3 is 3.00 bits per heavy atom. The van der Waals surface area contributed by atoms with Crippen molar-refractivity contribution in [2.24, 2.45) is 4.99 Å². The van der Waals surface area contributed by atoms with Gasteiger partial charge in [0.15, 0.2) is 11.3 Å². The maximum Gasteiger partial charge on any atom is 0.167 e. The van der Waals surface area contributed by atoms with Crippen LogP contribution >= 0.6 is 11.3 Å². The van der Waals surface area contributed by atoms with Crippen LogP contribution in [0.5, 0.6) is 0 Å². The monoisotopic (exact) mass is 338 g/mol. The highest BCUT2D eigenvalue weighted by molar-refractivity contribution is 7.12. The average molecular weight is 338 g/mol. The Kier molecular flexibility index (Phi) is 5.04. The van der Waals surface area contributed by atoms with Gasteiger partial charge in [0, 0.05) is 42.3 Å². The molecule has 0 atom stereocenters. The number of carbonyl (C=O) groups excluding carboxylic acids is 1. The molecule has 0 radical (unpaired) electrons.